The average molecular weight is 454 g/mol. The van der Waals surface area contributed by atoms with Gasteiger partial charge in [-0.25, -0.2) is 4.39 Å². The first-order chi connectivity index (χ1) is 15.1. The van der Waals surface area contributed by atoms with Gasteiger partial charge in [-0.15, -0.1) is 0 Å². The maximum Gasteiger partial charge on any atom is 0.425 e. The second-order valence-electron chi connectivity index (χ2n) is 7.68. The summed E-state index contributed by atoms with van der Waals surface area (Å²) in [5.41, 5.74) is -4.08. The van der Waals surface area contributed by atoms with Crippen molar-refractivity contribution < 1.29 is 37.4 Å². The van der Waals surface area contributed by atoms with E-state index in [0.717, 1.165) is 55.7 Å². The standard InChI is InChI=1S/C24H26F4O4/c25-20-14-12-19(13-15-20)23(32,24(26,27)28)18-10-8-17(9-11-18)22(31)7-5-3-1-2-4-6-21(30)16-29/h8-15,29,32H,1-7,16H2. The van der Waals surface area contributed by atoms with Crippen molar-refractivity contribution in [1.82, 2.24) is 0 Å². The minimum absolute atomic E-state index is 0.194. The number of ketones is 2. The molecule has 8 heteroatoms. The Morgan fingerprint density at radius 1 is 0.750 bits per heavy atom. The number of carbonyl (C=O) groups is 2. The number of alkyl halides is 3. The van der Waals surface area contributed by atoms with Crippen LogP contribution in [-0.2, 0) is 10.4 Å². The predicted molar refractivity (Wildman–Crippen MR) is 111 cm³/mol. The molecular formula is C24H26F4O4. The van der Waals surface area contributed by atoms with E-state index in [4.69, 9.17) is 5.11 Å². The van der Waals surface area contributed by atoms with Crippen LogP contribution in [0.25, 0.3) is 0 Å². The minimum atomic E-state index is -5.06. The smallest absolute Gasteiger partial charge is 0.389 e. The number of halogens is 4. The molecule has 0 saturated carbocycles. The molecule has 0 amide bonds. The van der Waals surface area contributed by atoms with E-state index >= 15 is 0 Å². The Morgan fingerprint density at radius 3 is 1.72 bits per heavy atom. The van der Waals surface area contributed by atoms with Crippen LogP contribution in [0.2, 0.25) is 0 Å². The third-order valence-electron chi connectivity index (χ3n) is 5.33. The van der Waals surface area contributed by atoms with Crippen molar-refractivity contribution in [3.8, 4) is 0 Å². The number of aliphatic hydroxyl groups is 2. The normalized spacial score (nSPS) is 13.6. The highest BCUT2D eigenvalue weighted by Gasteiger charge is 2.56. The highest BCUT2D eigenvalue weighted by atomic mass is 19.4. The molecule has 1 unspecified atom stereocenters. The first kappa shape index (κ1) is 25.7. The fraction of sp³-hybridized carbons (Fsp3) is 0.417. The van der Waals surface area contributed by atoms with Crippen LogP contribution in [-0.4, -0.2) is 34.6 Å². The molecule has 1 atom stereocenters. The van der Waals surface area contributed by atoms with Crippen LogP contribution in [0.15, 0.2) is 48.5 Å². The third kappa shape index (κ3) is 6.46. The van der Waals surface area contributed by atoms with Crippen molar-refractivity contribution in [3.05, 3.63) is 71.0 Å². The van der Waals surface area contributed by atoms with Gasteiger partial charge in [0.1, 0.15) is 12.4 Å². The molecule has 0 heterocycles. The zero-order valence-electron chi connectivity index (χ0n) is 17.5. The van der Waals surface area contributed by atoms with Gasteiger partial charge in [0.25, 0.3) is 0 Å². The summed E-state index contributed by atoms with van der Waals surface area (Å²) in [6.45, 7) is -0.447. The van der Waals surface area contributed by atoms with Gasteiger partial charge in [-0.3, -0.25) is 9.59 Å². The molecule has 0 aromatic heterocycles. The SMILES string of the molecule is O=C(CO)CCCCCCCC(=O)c1ccc(C(O)(c2ccc(F)cc2)C(F)(F)F)cc1. The van der Waals surface area contributed by atoms with Gasteiger partial charge in [0, 0.05) is 18.4 Å². The molecule has 0 aliphatic heterocycles. The van der Waals surface area contributed by atoms with E-state index in [9.17, 15) is 32.3 Å². The third-order valence-corrected chi connectivity index (χ3v) is 5.33. The highest BCUT2D eigenvalue weighted by Crippen LogP contribution is 2.44. The first-order valence-corrected chi connectivity index (χ1v) is 10.4. The molecule has 2 N–H and O–H groups in total. The summed E-state index contributed by atoms with van der Waals surface area (Å²) < 4.78 is 54.4. The van der Waals surface area contributed by atoms with Gasteiger partial charge in [0.2, 0.25) is 5.60 Å². The van der Waals surface area contributed by atoms with E-state index in [-0.39, 0.29) is 23.6 Å². The van der Waals surface area contributed by atoms with Gasteiger partial charge in [0.05, 0.1) is 0 Å². The summed E-state index contributed by atoms with van der Waals surface area (Å²) in [5.74, 6) is -1.14. The van der Waals surface area contributed by atoms with E-state index in [1.54, 1.807) is 0 Å². The van der Waals surface area contributed by atoms with Gasteiger partial charge in [-0.2, -0.15) is 13.2 Å². The number of benzene rings is 2. The monoisotopic (exact) mass is 454 g/mol. The molecule has 2 aromatic rings. The Bertz CT molecular complexity index is 892. The van der Waals surface area contributed by atoms with Crippen LogP contribution in [0.1, 0.15) is 66.4 Å². The number of hydrogen-bond donors (Lipinski definition) is 2. The molecule has 2 rings (SSSR count). The number of carbonyl (C=O) groups excluding carboxylic acids is 2. The Kier molecular flexibility index (Phi) is 9.09. The Labute approximate surface area is 183 Å². The van der Waals surface area contributed by atoms with Gasteiger partial charge < -0.3 is 10.2 Å². The molecule has 0 bridgehead atoms. The number of hydrogen-bond acceptors (Lipinski definition) is 4. The molecule has 4 nitrogen and oxygen atoms in total. The van der Waals surface area contributed by atoms with Gasteiger partial charge in [0.15, 0.2) is 11.6 Å². The lowest BCUT2D eigenvalue weighted by Gasteiger charge is -2.31. The first-order valence-electron chi connectivity index (χ1n) is 10.4. The number of aliphatic hydroxyl groups excluding tert-OH is 1. The molecule has 0 saturated heterocycles. The second kappa shape index (κ2) is 11.3. The lowest BCUT2D eigenvalue weighted by molar-refractivity contribution is -0.248. The molecular weight excluding hydrogens is 428 g/mol. The number of rotatable bonds is 12. The Morgan fingerprint density at radius 2 is 1.22 bits per heavy atom. The fourth-order valence-corrected chi connectivity index (χ4v) is 3.44. The zero-order valence-corrected chi connectivity index (χ0v) is 17.5. The van der Waals surface area contributed by atoms with Crippen LogP contribution >= 0.6 is 0 Å². The van der Waals surface area contributed by atoms with Crippen LogP contribution in [0.3, 0.4) is 0 Å². The van der Waals surface area contributed by atoms with Crippen molar-refractivity contribution in [2.45, 2.75) is 56.7 Å². The van der Waals surface area contributed by atoms with Crippen molar-refractivity contribution in [2.75, 3.05) is 6.61 Å². The molecule has 0 aliphatic carbocycles. The van der Waals surface area contributed by atoms with Crippen LogP contribution in [0, 0.1) is 5.82 Å². The molecule has 0 aliphatic rings. The highest BCUT2D eigenvalue weighted by molar-refractivity contribution is 5.96. The molecule has 0 radical (unpaired) electrons. The summed E-state index contributed by atoms with van der Waals surface area (Å²) in [7, 11) is 0. The largest absolute Gasteiger partial charge is 0.425 e. The summed E-state index contributed by atoms with van der Waals surface area (Å²) in [6.07, 6.45) is -0.773. The van der Waals surface area contributed by atoms with Crippen LogP contribution in [0.4, 0.5) is 17.6 Å². The summed E-state index contributed by atoms with van der Waals surface area (Å²) >= 11 is 0. The van der Waals surface area contributed by atoms with Crippen LogP contribution in [0.5, 0.6) is 0 Å². The second-order valence-corrected chi connectivity index (χ2v) is 7.68. The molecule has 32 heavy (non-hydrogen) atoms. The van der Waals surface area contributed by atoms with Crippen molar-refractivity contribution in [1.29, 1.82) is 0 Å². The average Bonchev–Trinajstić information content (AvgIpc) is 2.77. The Balaban J connectivity index is 1.98. The van der Waals surface area contributed by atoms with Gasteiger partial charge >= 0.3 is 6.18 Å². The van der Waals surface area contributed by atoms with Gasteiger partial charge in [-0.05, 0) is 36.1 Å². The Hall–Kier alpha value is -2.58. The van der Waals surface area contributed by atoms with E-state index in [0.29, 0.717) is 19.3 Å². The van der Waals surface area contributed by atoms with Crippen molar-refractivity contribution >= 4 is 11.6 Å². The number of unbranched alkanes of at least 4 members (excludes halogenated alkanes) is 4. The van der Waals surface area contributed by atoms with E-state index < -0.39 is 35.3 Å². The topological polar surface area (TPSA) is 74.6 Å². The quantitative estimate of drug-likeness (QED) is 0.266. The van der Waals surface area contributed by atoms with E-state index in [1.165, 1.54) is 12.1 Å². The van der Waals surface area contributed by atoms with Crippen molar-refractivity contribution in [3.63, 3.8) is 0 Å². The summed E-state index contributed by atoms with van der Waals surface area (Å²) in [5, 5.41) is 19.2. The van der Waals surface area contributed by atoms with Gasteiger partial charge in [-0.1, -0.05) is 55.7 Å². The van der Waals surface area contributed by atoms with E-state index in [2.05, 4.69) is 0 Å². The molecule has 174 valence electrons. The minimum Gasteiger partial charge on any atom is -0.389 e. The predicted octanol–water partition coefficient (Wildman–Crippen LogP) is 5.10. The fourth-order valence-electron chi connectivity index (χ4n) is 3.44. The molecule has 0 spiro atoms. The molecule has 2 aromatic carbocycles. The lowest BCUT2D eigenvalue weighted by atomic mass is 9.85. The number of Topliss-reactive ketones (excluding diaryl/α,β-unsaturated/α-hetero) is 2. The maximum atomic E-state index is 13.8. The van der Waals surface area contributed by atoms with Crippen molar-refractivity contribution in [2.24, 2.45) is 0 Å². The lowest BCUT2D eigenvalue weighted by Crippen LogP contribution is -2.43. The zero-order chi connectivity index (χ0) is 23.8. The summed E-state index contributed by atoms with van der Waals surface area (Å²) in [4.78, 5) is 23.3. The maximum absolute atomic E-state index is 13.8. The van der Waals surface area contributed by atoms with Crippen LogP contribution < -0.4 is 0 Å². The van der Waals surface area contributed by atoms with E-state index in [1.807, 2.05) is 0 Å². The molecule has 0 fully saturated rings. The summed E-state index contributed by atoms with van der Waals surface area (Å²) in [6, 6.07) is 8.05.